The first-order chi connectivity index (χ1) is 5.39. The summed E-state index contributed by atoms with van der Waals surface area (Å²) in [6.45, 7) is 0. The second kappa shape index (κ2) is 3.58. The number of anilines is 1. The van der Waals surface area contributed by atoms with Crippen LogP contribution in [-0.4, -0.2) is 4.98 Å². The summed E-state index contributed by atoms with van der Waals surface area (Å²) in [7, 11) is 0. The Hall–Kier alpha value is 0.300. The molecule has 0 unspecified atom stereocenters. The maximum absolute atomic E-state index is 5.63. The summed E-state index contributed by atoms with van der Waals surface area (Å²) in [5.74, 6) is 0.311. The molecule has 0 fully saturated rings. The zero-order valence-corrected chi connectivity index (χ0v) is 9.54. The number of halogens is 4. The third-order valence-electron chi connectivity index (χ3n) is 1.14. The molecule has 0 aliphatic rings. The summed E-state index contributed by atoms with van der Waals surface area (Å²) in [5.41, 5.74) is 5.93. The van der Waals surface area contributed by atoms with Crippen LogP contribution in [0.2, 0.25) is 0 Å². The normalized spacial score (nSPS) is 11.7. The molecule has 0 atom stereocenters. The Morgan fingerprint density at radius 3 is 2.33 bits per heavy atom. The molecule has 0 aromatic carbocycles. The van der Waals surface area contributed by atoms with Crippen LogP contribution in [-0.2, 0) is 3.79 Å². The minimum absolute atomic E-state index is 0.311. The summed E-state index contributed by atoms with van der Waals surface area (Å²) in [5, 5.41) is 0. The topological polar surface area (TPSA) is 38.9 Å². The van der Waals surface area contributed by atoms with Crippen molar-refractivity contribution in [2.75, 3.05) is 5.73 Å². The molecule has 2 N–H and O–H groups in total. The van der Waals surface area contributed by atoms with Gasteiger partial charge in [0.25, 0.3) is 0 Å². The lowest BCUT2D eigenvalue weighted by atomic mass is 10.3. The van der Waals surface area contributed by atoms with Crippen LogP contribution in [0.25, 0.3) is 0 Å². The number of aromatic nitrogens is 1. The number of hydrogen-bond donors (Lipinski definition) is 1. The third-order valence-corrected chi connectivity index (χ3v) is 2.20. The van der Waals surface area contributed by atoms with Gasteiger partial charge in [0.1, 0.15) is 10.4 Å². The van der Waals surface area contributed by atoms with Crippen LogP contribution in [0.5, 0.6) is 0 Å². The van der Waals surface area contributed by atoms with Gasteiger partial charge in [-0.3, -0.25) is 0 Å². The van der Waals surface area contributed by atoms with Crippen molar-refractivity contribution in [2.45, 2.75) is 3.79 Å². The van der Waals surface area contributed by atoms with E-state index in [0.717, 1.165) is 0 Å². The molecule has 0 radical (unpaired) electrons. The Kier molecular flexibility index (Phi) is 3.10. The van der Waals surface area contributed by atoms with Gasteiger partial charge in [-0.2, -0.15) is 0 Å². The average molecular weight is 290 g/mol. The van der Waals surface area contributed by atoms with E-state index in [2.05, 4.69) is 20.9 Å². The first-order valence-corrected chi connectivity index (χ1v) is 4.82. The fourth-order valence-corrected chi connectivity index (χ4v) is 1.46. The molecule has 0 aliphatic carbocycles. The zero-order chi connectivity index (χ0) is 9.35. The lowest BCUT2D eigenvalue weighted by Gasteiger charge is -2.11. The smallest absolute Gasteiger partial charge is 0.216 e. The van der Waals surface area contributed by atoms with Crippen molar-refractivity contribution in [1.29, 1.82) is 0 Å². The predicted molar refractivity (Wildman–Crippen MR) is 55.6 cm³/mol. The fourth-order valence-electron chi connectivity index (χ4n) is 0.681. The lowest BCUT2D eigenvalue weighted by molar-refractivity contribution is 1.17. The van der Waals surface area contributed by atoms with Gasteiger partial charge < -0.3 is 5.73 Å². The standard InChI is InChI=1S/C6H4BrCl3N2/c7-4-1-3(6(8,9)10)2-5(11)12-4/h1-2H,(H2,11,12). The van der Waals surface area contributed by atoms with Crippen LogP contribution in [0.1, 0.15) is 5.56 Å². The van der Waals surface area contributed by atoms with E-state index in [-0.39, 0.29) is 0 Å². The van der Waals surface area contributed by atoms with Gasteiger partial charge in [-0.1, -0.05) is 34.8 Å². The Morgan fingerprint density at radius 2 is 1.92 bits per heavy atom. The molecule has 0 saturated heterocycles. The highest BCUT2D eigenvalue weighted by atomic mass is 79.9. The second-order valence-electron chi connectivity index (χ2n) is 2.10. The molecule has 1 aromatic rings. The Morgan fingerprint density at radius 1 is 1.33 bits per heavy atom. The highest BCUT2D eigenvalue weighted by molar-refractivity contribution is 9.10. The van der Waals surface area contributed by atoms with Gasteiger partial charge in [0, 0.05) is 5.56 Å². The largest absolute Gasteiger partial charge is 0.384 e. The zero-order valence-electron chi connectivity index (χ0n) is 5.69. The predicted octanol–water partition coefficient (Wildman–Crippen LogP) is 3.25. The molecule has 0 saturated carbocycles. The van der Waals surface area contributed by atoms with Crippen LogP contribution in [0, 0.1) is 0 Å². The highest BCUT2D eigenvalue weighted by Crippen LogP contribution is 2.39. The van der Waals surface area contributed by atoms with Gasteiger partial charge >= 0.3 is 0 Å². The second-order valence-corrected chi connectivity index (χ2v) is 5.19. The maximum atomic E-state index is 5.63. The Balaban J connectivity index is 3.18. The van der Waals surface area contributed by atoms with Crippen molar-refractivity contribution < 1.29 is 0 Å². The number of nitrogens with two attached hydrogens (primary N) is 1. The quantitative estimate of drug-likeness (QED) is 0.588. The lowest BCUT2D eigenvalue weighted by Crippen LogP contribution is -2.02. The van der Waals surface area contributed by atoms with Crippen LogP contribution in [0.4, 0.5) is 5.82 Å². The monoisotopic (exact) mass is 288 g/mol. The molecule has 0 bridgehead atoms. The van der Waals surface area contributed by atoms with Gasteiger partial charge in [-0.25, -0.2) is 4.98 Å². The molecule has 0 aliphatic heterocycles. The van der Waals surface area contributed by atoms with Crippen molar-refractivity contribution >= 4 is 56.6 Å². The molecular weight excluding hydrogens is 286 g/mol. The van der Waals surface area contributed by atoms with E-state index in [1.807, 2.05) is 0 Å². The SMILES string of the molecule is Nc1cc(C(Cl)(Cl)Cl)cc(Br)n1. The Bertz CT molecular complexity index is 277. The molecule has 2 nitrogen and oxygen atoms in total. The first kappa shape index (κ1) is 10.4. The minimum Gasteiger partial charge on any atom is -0.384 e. The van der Waals surface area contributed by atoms with Crippen molar-refractivity contribution in [1.82, 2.24) is 4.98 Å². The van der Waals surface area contributed by atoms with Crippen LogP contribution in [0.15, 0.2) is 16.7 Å². The highest BCUT2D eigenvalue weighted by Gasteiger charge is 2.23. The van der Waals surface area contributed by atoms with E-state index >= 15 is 0 Å². The summed E-state index contributed by atoms with van der Waals surface area (Å²) in [4.78, 5) is 3.87. The third kappa shape index (κ3) is 2.66. The van der Waals surface area contributed by atoms with E-state index in [1.165, 1.54) is 6.07 Å². The fraction of sp³-hybridized carbons (Fsp3) is 0.167. The van der Waals surface area contributed by atoms with E-state index in [0.29, 0.717) is 16.0 Å². The van der Waals surface area contributed by atoms with Crippen LogP contribution < -0.4 is 5.73 Å². The van der Waals surface area contributed by atoms with Crippen LogP contribution in [0.3, 0.4) is 0 Å². The number of nitrogens with zero attached hydrogens (tertiary/aromatic N) is 1. The number of alkyl halides is 3. The van der Waals surface area contributed by atoms with Gasteiger partial charge in [0.15, 0.2) is 0 Å². The van der Waals surface area contributed by atoms with Gasteiger partial charge in [-0.05, 0) is 28.1 Å². The minimum atomic E-state index is -1.46. The summed E-state index contributed by atoms with van der Waals surface area (Å²) in [6.07, 6.45) is 0. The first-order valence-electron chi connectivity index (χ1n) is 2.90. The van der Waals surface area contributed by atoms with Crippen molar-refractivity contribution in [3.8, 4) is 0 Å². The summed E-state index contributed by atoms with van der Waals surface area (Å²) < 4.78 is -0.914. The van der Waals surface area contributed by atoms with Gasteiger partial charge in [0.2, 0.25) is 3.79 Å². The summed E-state index contributed by atoms with van der Waals surface area (Å²) in [6, 6.07) is 3.11. The summed E-state index contributed by atoms with van der Waals surface area (Å²) >= 11 is 20.0. The number of nitrogen functional groups attached to an aromatic ring is 1. The number of rotatable bonds is 0. The molecule has 12 heavy (non-hydrogen) atoms. The van der Waals surface area contributed by atoms with E-state index in [4.69, 9.17) is 40.5 Å². The average Bonchev–Trinajstić information content (AvgIpc) is 1.82. The maximum Gasteiger partial charge on any atom is 0.216 e. The van der Waals surface area contributed by atoms with E-state index < -0.39 is 3.79 Å². The molecule has 66 valence electrons. The number of hydrogen-bond acceptors (Lipinski definition) is 2. The van der Waals surface area contributed by atoms with E-state index in [1.54, 1.807) is 6.07 Å². The molecule has 0 spiro atoms. The molecule has 1 rings (SSSR count). The van der Waals surface area contributed by atoms with Crippen LogP contribution >= 0.6 is 50.7 Å². The molecular formula is C6H4BrCl3N2. The molecule has 0 amide bonds. The number of pyridine rings is 1. The molecule has 1 heterocycles. The molecule has 6 heteroatoms. The molecule has 1 aromatic heterocycles. The van der Waals surface area contributed by atoms with Crippen molar-refractivity contribution in [3.63, 3.8) is 0 Å². The van der Waals surface area contributed by atoms with Crippen molar-refractivity contribution in [3.05, 3.63) is 22.3 Å². The van der Waals surface area contributed by atoms with Gasteiger partial charge in [0.05, 0.1) is 0 Å². The van der Waals surface area contributed by atoms with E-state index in [9.17, 15) is 0 Å². The van der Waals surface area contributed by atoms with Gasteiger partial charge in [-0.15, -0.1) is 0 Å². The van der Waals surface area contributed by atoms with Crippen molar-refractivity contribution in [2.24, 2.45) is 0 Å². The Labute approximate surface area is 93.1 Å².